The van der Waals surface area contributed by atoms with E-state index in [0.29, 0.717) is 17.2 Å². The Labute approximate surface area is 116 Å². The zero-order valence-electron chi connectivity index (χ0n) is 12.0. The summed E-state index contributed by atoms with van der Waals surface area (Å²) in [6.07, 6.45) is 0. The number of anilines is 1. The lowest BCUT2D eigenvalue weighted by molar-refractivity contribution is -0.146. The molecule has 0 aromatic carbocycles. The Balaban J connectivity index is 1.96. The molecular formula is C12H18N6O2. The van der Waals surface area contributed by atoms with Gasteiger partial charge in [-0.2, -0.15) is 5.10 Å². The molecule has 2 aromatic rings. The van der Waals surface area contributed by atoms with Gasteiger partial charge in [-0.1, -0.05) is 0 Å². The lowest BCUT2D eigenvalue weighted by Crippen LogP contribution is -2.16. The number of rotatable bonds is 4. The molecule has 2 N–H and O–H groups in total. The maximum Gasteiger partial charge on any atom is 0.328 e. The lowest BCUT2D eigenvalue weighted by Gasteiger charge is -2.06. The van der Waals surface area contributed by atoms with Gasteiger partial charge < -0.3 is 15.0 Å². The van der Waals surface area contributed by atoms with E-state index in [0.717, 1.165) is 11.5 Å². The van der Waals surface area contributed by atoms with E-state index >= 15 is 0 Å². The van der Waals surface area contributed by atoms with Gasteiger partial charge in [-0.3, -0.25) is 9.48 Å². The van der Waals surface area contributed by atoms with Crippen molar-refractivity contribution < 1.29 is 9.53 Å². The summed E-state index contributed by atoms with van der Waals surface area (Å²) in [5.41, 5.74) is 7.87. The maximum atomic E-state index is 11.8. The predicted octanol–water partition coefficient (Wildman–Crippen LogP) is 0.262. The fourth-order valence-electron chi connectivity index (χ4n) is 1.75. The van der Waals surface area contributed by atoms with Crippen LogP contribution in [0.4, 0.5) is 5.69 Å². The Kier molecular flexibility index (Phi) is 3.73. The molecule has 0 atom stereocenters. The molecular weight excluding hydrogens is 260 g/mol. The topological polar surface area (TPSA) is 101 Å². The highest BCUT2D eigenvalue weighted by Crippen LogP contribution is 2.14. The third kappa shape index (κ3) is 2.63. The Morgan fingerprint density at radius 3 is 2.50 bits per heavy atom. The summed E-state index contributed by atoms with van der Waals surface area (Å²) < 4.78 is 8.48. The number of nitrogens with two attached hydrogens (primary N) is 1. The molecule has 0 spiro atoms. The normalized spacial score (nSPS) is 10.8. The molecule has 8 nitrogen and oxygen atoms in total. The number of ether oxygens (including phenoxy) is 1. The van der Waals surface area contributed by atoms with Crippen molar-refractivity contribution in [3.63, 3.8) is 0 Å². The number of nitrogens with zero attached hydrogens (tertiary/aromatic N) is 5. The summed E-state index contributed by atoms with van der Waals surface area (Å²) >= 11 is 0. The Bertz CT molecular complexity index is 643. The molecule has 108 valence electrons. The van der Waals surface area contributed by atoms with Crippen LogP contribution in [0, 0.1) is 20.8 Å². The van der Waals surface area contributed by atoms with Crippen molar-refractivity contribution in [1.29, 1.82) is 0 Å². The molecule has 0 unspecified atom stereocenters. The fraction of sp³-hybridized carbons (Fsp3) is 0.500. The minimum absolute atomic E-state index is 0.0285. The molecule has 0 aliphatic carbocycles. The molecule has 20 heavy (non-hydrogen) atoms. The number of carbonyl (C=O) groups is 1. The molecule has 0 bridgehead atoms. The van der Waals surface area contributed by atoms with Crippen molar-refractivity contribution in [3.05, 3.63) is 23.0 Å². The maximum absolute atomic E-state index is 11.8. The summed E-state index contributed by atoms with van der Waals surface area (Å²) in [6.45, 7) is 5.56. The van der Waals surface area contributed by atoms with E-state index in [1.807, 2.05) is 20.9 Å². The molecule has 0 fully saturated rings. The van der Waals surface area contributed by atoms with Crippen molar-refractivity contribution in [3.8, 4) is 0 Å². The van der Waals surface area contributed by atoms with E-state index in [1.165, 1.54) is 4.68 Å². The van der Waals surface area contributed by atoms with E-state index in [-0.39, 0.29) is 13.2 Å². The quantitative estimate of drug-likeness (QED) is 0.805. The van der Waals surface area contributed by atoms with Crippen molar-refractivity contribution in [2.75, 3.05) is 5.73 Å². The van der Waals surface area contributed by atoms with Crippen LogP contribution in [0.2, 0.25) is 0 Å². The first-order valence-corrected chi connectivity index (χ1v) is 6.20. The molecule has 0 saturated heterocycles. The van der Waals surface area contributed by atoms with Gasteiger partial charge in [-0.15, -0.1) is 10.2 Å². The van der Waals surface area contributed by atoms with Gasteiger partial charge in [-0.25, -0.2) is 0 Å². The fourth-order valence-corrected chi connectivity index (χ4v) is 1.75. The molecule has 0 amide bonds. The minimum atomic E-state index is -0.392. The lowest BCUT2D eigenvalue weighted by atomic mass is 10.3. The van der Waals surface area contributed by atoms with Gasteiger partial charge in [-0.05, 0) is 20.8 Å². The van der Waals surface area contributed by atoms with Crippen LogP contribution >= 0.6 is 0 Å². The van der Waals surface area contributed by atoms with Crippen LogP contribution < -0.4 is 5.73 Å². The molecule has 8 heteroatoms. The highest BCUT2D eigenvalue weighted by molar-refractivity contribution is 5.69. The van der Waals surface area contributed by atoms with E-state index in [4.69, 9.17) is 10.5 Å². The Morgan fingerprint density at radius 1 is 1.30 bits per heavy atom. The highest BCUT2D eigenvalue weighted by atomic mass is 16.5. The third-order valence-corrected chi connectivity index (χ3v) is 3.26. The Hall–Kier alpha value is -2.38. The van der Waals surface area contributed by atoms with Crippen LogP contribution in [0.5, 0.6) is 0 Å². The number of hydrogen-bond donors (Lipinski definition) is 1. The van der Waals surface area contributed by atoms with Gasteiger partial charge in [0.15, 0.2) is 12.4 Å². The second-order valence-corrected chi connectivity index (χ2v) is 4.63. The van der Waals surface area contributed by atoms with Crippen LogP contribution in [0.1, 0.15) is 23.0 Å². The molecule has 0 aliphatic heterocycles. The number of nitrogen functional groups attached to an aromatic ring is 1. The molecule has 0 saturated carbocycles. The number of esters is 1. The van der Waals surface area contributed by atoms with Gasteiger partial charge in [0.25, 0.3) is 0 Å². The van der Waals surface area contributed by atoms with Crippen LogP contribution in [0.3, 0.4) is 0 Å². The minimum Gasteiger partial charge on any atom is -0.456 e. The van der Waals surface area contributed by atoms with Gasteiger partial charge in [0.1, 0.15) is 12.4 Å². The van der Waals surface area contributed by atoms with Crippen LogP contribution in [-0.2, 0) is 29.7 Å². The first kappa shape index (κ1) is 14.0. The SMILES string of the molecule is Cc1nn(CC(=O)OCc2nnc(C)n2C)c(C)c1N. The van der Waals surface area contributed by atoms with Gasteiger partial charge in [0.2, 0.25) is 0 Å². The zero-order chi connectivity index (χ0) is 14.9. The first-order valence-electron chi connectivity index (χ1n) is 6.20. The summed E-state index contributed by atoms with van der Waals surface area (Å²) in [6, 6.07) is 0. The van der Waals surface area contributed by atoms with Gasteiger partial charge in [0, 0.05) is 7.05 Å². The Morgan fingerprint density at radius 2 is 2.00 bits per heavy atom. The summed E-state index contributed by atoms with van der Waals surface area (Å²) in [5.74, 6) is 0.974. The van der Waals surface area contributed by atoms with E-state index < -0.39 is 5.97 Å². The van der Waals surface area contributed by atoms with E-state index in [9.17, 15) is 4.79 Å². The second kappa shape index (κ2) is 5.32. The average Bonchev–Trinajstić information content (AvgIpc) is 2.84. The highest BCUT2D eigenvalue weighted by Gasteiger charge is 2.13. The van der Waals surface area contributed by atoms with Crippen LogP contribution in [0.15, 0.2) is 0 Å². The molecule has 2 aromatic heterocycles. The summed E-state index contributed by atoms with van der Waals surface area (Å²) in [5, 5.41) is 12.0. The predicted molar refractivity (Wildman–Crippen MR) is 71.6 cm³/mol. The van der Waals surface area contributed by atoms with Gasteiger partial charge >= 0.3 is 5.97 Å². The van der Waals surface area contributed by atoms with E-state index in [1.54, 1.807) is 11.5 Å². The summed E-state index contributed by atoms with van der Waals surface area (Å²) in [7, 11) is 1.82. The monoisotopic (exact) mass is 278 g/mol. The third-order valence-electron chi connectivity index (χ3n) is 3.26. The number of aryl methyl sites for hydroxylation is 2. The number of aromatic nitrogens is 5. The standard InChI is InChI=1S/C12H18N6O2/c1-7-12(13)8(2)18(16-7)5-11(19)20-6-10-15-14-9(3)17(10)4/h5-6,13H2,1-4H3. The molecule has 2 heterocycles. The second-order valence-electron chi connectivity index (χ2n) is 4.63. The van der Waals surface area contributed by atoms with Gasteiger partial charge in [0.05, 0.1) is 17.1 Å². The van der Waals surface area contributed by atoms with E-state index in [2.05, 4.69) is 15.3 Å². The number of carbonyl (C=O) groups excluding carboxylic acids is 1. The molecule has 0 aliphatic rings. The molecule has 2 rings (SSSR count). The number of hydrogen-bond acceptors (Lipinski definition) is 6. The largest absolute Gasteiger partial charge is 0.456 e. The van der Waals surface area contributed by atoms with Crippen LogP contribution in [-0.4, -0.2) is 30.5 Å². The van der Waals surface area contributed by atoms with Crippen molar-refractivity contribution in [2.45, 2.75) is 33.9 Å². The molecule has 0 radical (unpaired) electrons. The van der Waals surface area contributed by atoms with Crippen LogP contribution in [0.25, 0.3) is 0 Å². The smallest absolute Gasteiger partial charge is 0.328 e. The summed E-state index contributed by atoms with van der Waals surface area (Å²) in [4.78, 5) is 11.8. The zero-order valence-corrected chi connectivity index (χ0v) is 12.0. The van der Waals surface area contributed by atoms with Crippen molar-refractivity contribution in [2.24, 2.45) is 7.05 Å². The van der Waals surface area contributed by atoms with Crippen molar-refractivity contribution >= 4 is 11.7 Å². The first-order chi connectivity index (χ1) is 9.40. The average molecular weight is 278 g/mol. The van der Waals surface area contributed by atoms with Crippen molar-refractivity contribution in [1.82, 2.24) is 24.5 Å².